The molecule has 0 bridgehead atoms. The van der Waals surface area contributed by atoms with Gasteiger partial charge in [-0.3, -0.25) is 9.67 Å². The van der Waals surface area contributed by atoms with Gasteiger partial charge in [-0.1, -0.05) is 6.92 Å². The first-order valence-electron chi connectivity index (χ1n) is 5.96. The van der Waals surface area contributed by atoms with Crippen LogP contribution in [0.3, 0.4) is 0 Å². The molecule has 5 heteroatoms. The average molecular weight is 246 g/mol. The van der Waals surface area contributed by atoms with Crippen LogP contribution in [0.2, 0.25) is 0 Å². The Morgan fingerprint density at radius 2 is 2.28 bits per heavy atom. The van der Waals surface area contributed by atoms with Crippen LogP contribution in [0.15, 0.2) is 30.9 Å². The Bertz CT molecular complexity index is 509. The third-order valence-electron chi connectivity index (χ3n) is 2.81. The van der Waals surface area contributed by atoms with Crippen molar-refractivity contribution in [3.63, 3.8) is 0 Å². The predicted octanol–water partition coefficient (Wildman–Crippen LogP) is 1.52. The van der Waals surface area contributed by atoms with E-state index in [1.165, 1.54) is 0 Å². The molecule has 0 saturated heterocycles. The predicted molar refractivity (Wildman–Crippen MR) is 69.5 cm³/mol. The molecule has 0 aromatic carbocycles. The van der Waals surface area contributed by atoms with Crippen LogP contribution < -0.4 is 10.1 Å². The van der Waals surface area contributed by atoms with Crippen molar-refractivity contribution in [2.24, 2.45) is 7.05 Å². The highest BCUT2D eigenvalue weighted by atomic mass is 16.5. The second kappa shape index (κ2) is 5.64. The third-order valence-corrected chi connectivity index (χ3v) is 2.81. The van der Waals surface area contributed by atoms with E-state index in [1.807, 2.05) is 25.5 Å². The highest BCUT2D eigenvalue weighted by Crippen LogP contribution is 2.28. The molecule has 1 N–H and O–H groups in total. The lowest BCUT2D eigenvalue weighted by molar-refractivity contribution is 0.402. The third kappa shape index (κ3) is 2.51. The van der Waals surface area contributed by atoms with E-state index in [1.54, 1.807) is 24.2 Å². The van der Waals surface area contributed by atoms with Crippen LogP contribution in [-0.4, -0.2) is 28.4 Å². The molecule has 0 aliphatic carbocycles. The molecule has 0 spiro atoms. The highest BCUT2D eigenvalue weighted by Gasteiger charge is 2.18. The average Bonchev–Trinajstić information content (AvgIpc) is 2.82. The number of pyridine rings is 1. The number of aromatic nitrogens is 3. The zero-order valence-electron chi connectivity index (χ0n) is 10.9. The van der Waals surface area contributed by atoms with Crippen LogP contribution >= 0.6 is 0 Å². The summed E-state index contributed by atoms with van der Waals surface area (Å²) >= 11 is 0. The van der Waals surface area contributed by atoms with Crippen molar-refractivity contribution >= 4 is 0 Å². The maximum Gasteiger partial charge on any atom is 0.142 e. The summed E-state index contributed by atoms with van der Waals surface area (Å²) in [6.45, 7) is 2.95. The standard InChI is InChI=1S/C13H18N4O/c1-4-15-13(10-7-16-17(2)9-10)11-5-6-14-8-12(11)18-3/h5-9,13,15H,4H2,1-3H3. The Morgan fingerprint density at radius 1 is 1.44 bits per heavy atom. The number of rotatable bonds is 5. The van der Waals surface area contributed by atoms with Crippen LogP contribution in [0.4, 0.5) is 0 Å². The van der Waals surface area contributed by atoms with Gasteiger partial charge in [-0.05, 0) is 12.6 Å². The van der Waals surface area contributed by atoms with Crippen molar-refractivity contribution < 1.29 is 4.74 Å². The van der Waals surface area contributed by atoms with Crippen molar-refractivity contribution in [2.45, 2.75) is 13.0 Å². The Labute approximate surface area is 107 Å². The summed E-state index contributed by atoms with van der Waals surface area (Å²) in [5.41, 5.74) is 2.19. The second-order valence-electron chi connectivity index (χ2n) is 4.06. The first kappa shape index (κ1) is 12.6. The van der Waals surface area contributed by atoms with Gasteiger partial charge in [0.1, 0.15) is 5.75 Å². The molecular weight excluding hydrogens is 228 g/mol. The number of hydrogen-bond acceptors (Lipinski definition) is 4. The lowest BCUT2D eigenvalue weighted by atomic mass is 10.0. The molecule has 1 atom stereocenters. The number of methoxy groups -OCH3 is 1. The van der Waals surface area contributed by atoms with Crippen molar-refractivity contribution in [3.05, 3.63) is 42.0 Å². The summed E-state index contributed by atoms with van der Waals surface area (Å²) in [4.78, 5) is 4.08. The van der Waals surface area contributed by atoms with Crippen LogP contribution in [0, 0.1) is 0 Å². The van der Waals surface area contributed by atoms with Gasteiger partial charge >= 0.3 is 0 Å². The van der Waals surface area contributed by atoms with Gasteiger partial charge in [-0.15, -0.1) is 0 Å². The lowest BCUT2D eigenvalue weighted by Crippen LogP contribution is -2.22. The summed E-state index contributed by atoms with van der Waals surface area (Å²) in [5.74, 6) is 0.785. The van der Waals surface area contributed by atoms with E-state index < -0.39 is 0 Å². The van der Waals surface area contributed by atoms with Gasteiger partial charge in [-0.25, -0.2) is 0 Å². The van der Waals surface area contributed by atoms with Gasteiger partial charge in [0.25, 0.3) is 0 Å². The van der Waals surface area contributed by atoms with E-state index in [-0.39, 0.29) is 6.04 Å². The number of aryl methyl sites for hydroxylation is 1. The number of nitrogens with one attached hydrogen (secondary N) is 1. The molecule has 2 rings (SSSR count). The van der Waals surface area contributed by atoms with E-state index in [0.717, 1.165) is 23.4 Å². The zero-order chi connectivity index (χ0) is 13.0. The topological polar surface area (TPSA) is 52.0 Å². The van der Waals surface area contributed by atoms with Crippen molar-refractivity contribution in [1.29, 1.82) is 0 Å². The summed E-state index contributed by atoms with van der Waals surface area (Å²) in [7, 11) is 3.57. The smallest absolute Gasteiger partial charge is 0.142 e. The van der Waals surface area contributed by atoms with Gasteiger partial charge in [0.15, 0.2) is 0 Å². The fourth-order valence-electron chi connectivity index (χ4n) is 2.00. The van der Waals surface area contributed by atoms with E-state index in [2.05, 4.69) is 22.3 Å². The fourth-order valence-corrected chi connectivity index (χ4v) is 2.00. The highest BCUT2D eigenvalue weighted by molar-refractivity contribution is 5.38. The zero-order valence-corrected chi connectivity index (χ0v) is 10.9. The first-order valence-corrected chi connectivity index (χ1v) is 5.96. The number of ether oxygens (including phenoxy) is 1. The Balaban J connectivity index is 2.41. The van der Waals surface area contributed by atoms with Gasteiger partial charge in [0.2, 0.25) is 0 Å². The van der Waals surface area contributed by atoms with Gasteiger partial charge in [-0.2, -0.15) is 5.10 Å². The number of nitrogens with zero attached hydrogens (tertiary/aromatic N) is 3. The molecule has 96 valence electrons. The summed E-state index contributed by atoms with van der Waals surface area (Å²) in [5, 5.41) is 7.66. The van der Waals surface area contributed by atoms with Crippen molar-refractivity contribution in [1.82, 2.24) is 20.1 Å². The Kier molecular flexibility index (Phi) is 3.94. The normalized spacial score (nSPS) is 12.4. The molecule has 2 heterocycles. The molecule has 2 aromatic rings. The molecule has 18 heavy (non-hydrogen) atoms. The van der Waals surface area contributed by atoms with E-state index in [4.69, 9.17) is 4.74 Å². The van der Waals surface area contributed by atoms with Gasteiger partial charge in [0.05, 0.1) is 25.5 Å². The minimum absolute atomic E-state index is 0.0710. The van der Waals surface area contributed by atoms with Gasteiger partial charge in [0, 0.05) is 30.6 Å². The SMILES string of the molecule is CCNC(c1cnn(C)c1)c1ccncc1OC. The number of hydrogen-bond donors (Lipinski definition) is 1. The Morgan fingerprint density at radius 3 is 2.89 bits per heavy atom. The molecule has 2 aromatic heterocycles. The molecule has 0 radical (unpaired) electrons. The molecule has 0 aliphatic rings. The van der Waals surface area contributed by atoms with Crippen molar-refractivity contribution in [3.8, 4) is 5.75 Å². The molecule has 5 nitrogen and oxygen atoms in total. The monoisotopic (exact) mass is 246 g/mol. The first-order chi connectivity index (χ1) is 8.76. The van der Waals surface area contributed by atoms with Crippen LogP contribution in [0.25, 0.3) is 0 Å². The molecule has 1 unspecified atom stereocenters. The minimum Gasteiger partial charge on any atom is -0.495 e. The van der Waals surface area contributed by atoms with Crippen molar-refractivity contribution in [2.75, 3.05) is 13.7 Å². The van der Waals surface area contributed by atoms with Crippen LogP contribution in [-0.2, 0) is 7.05 Å². The molecule has 0 fully saturated rings. The minimum atomic E-state index is 0.0710. The Hall–Kier alpha value is -1.88. The van der Waals surface area contributed by atoms with E-state index in [0.29, 0.717) is 0 Å². The maximum absolute atomic E-state index is 5.37. The van der Waals surface area contributed by atoms with E-state index >= 15 is 0 Å². The quantitative estimate of drug-likeness (QED) is 0.869. The molecule has 0 aliphatic heterocycles. The van der Waals surface area contributed by atoms with Gasteiger partial charge < -0.3 is 10.1 Å². The molecule has 0 amide bonds. The second-order valence-corrected chi connectivity index (χ2v) is 4.06. The summed E-state index contributed by atoms with van der Waals surface area (Å²) < 4.78 is 7.17. The van der Waals surface area contributed by atoms with Crippen LogP contribution in [0.5, 0.6) is 5.75 Å². The molecular formula is C13H18N4O. The lowest BCUT2D eigenvalue weighted by Gasteiger charge is -2.19. The summed E-state index contributed by atoms with van der Waals surface area (Å²) in [6.07, 6.45) is 7.38. The fraction of sp³-hybridized carbons (Fsp3) is 0.385. The molecule has 0 saturated carbocycles. The van der Waals surface area contributed by atoms with E-state index in [9.17, 15) is 0 Å². The van der Waals surface area contributed by atoms with Crippen LogP contribution in [0.1, 0.15) is 24.1 Å². The largest absolute Gasteiger partial charge is 0.495 e. The summed E-state index contributed by atoms with van der Waals surface area (Å²) in [6, 6.07) is 2.04. The maximum atomic E-state index is 5.37.